The SMILES string of the molecule is CCOC=C(C(=O)c1ccc(S(C)(=O)=O)cc1[N+](=O)[O-])C(=O)C1CC1. The van der Waals surface area contributed by atoms with Gasteiger partial charge >= 0.3 is 0 Å². The molecule has 0 spiro atoms. The van der Waals surface area contributed by atoms with Crippen molar-refractivity contribution in [2.75, 3.05) is 12.9 Å². The van der Waals surface area contributed by atoms with Gasteiger partial charge < -0.3 is 4.74 Å². The zero-order valence-electron chi connectivity index (χ0n) is 13.7. The minimum Gasteiger partial charge on any atom is -0.501 e. The van der Waals surface area contributed by atoms with Crippen LogP contribution in [0.2, 0.25) is 0 Å². The number of hydrogen-bond donors (Lipinski definition) is 0. The van der Waals surface area contributed by atoms with E-state index in [1.165, 1.54) is 0 Å². The third kappa shape index (κ3) is 4.30. The molecule has 0 atom stereocenters. The summed E-state index contributed by atoms with van der Waals surface area (Å²) < 4.78 is 28.2. The molecular formula is C16H17NO7S. The molecule has 2 rings (SSSR count). The van der Waals surface area contributed by atoms with E-state index in [9.17, 15) is 28.1 Å². The lowest BCUT2D eigenvalue weighted by Gasteiger charge is -2.08. The van der Waals surface area contributed by atoms with Crippen LogP contribution in [0, 0.1) is 16.0 Å². The van der Waals surface area contributed by atoms with E-state index in [4.69, 9.17) is 4.74 Å². The fourth-order valence-corrected chi connectivity index (χ4v) is 2.83. The lowest BCUT2D eigenvalue weighted by molar-refractivity contribution is -0.385. The number of nitro benzene ring substituents is 1. The Hall–Kier alpha value is -2.55. The van der Waals surface area contributed by atoms with E-state index >= 15 is 0 Å². The number of nitrogens with zero attached hydrogens (tertiary/aromatic N) is 1. The van der Waals surface area contributed by atoms with Crippen molar-refractivity contribution in [2.45, 2.75) is 24.7 Å². The quantitative estimate of drug-likeness (QED) is 0.131. The smallest absolute Gasteiger partial charge is 0.281 e. The van der Waals surface area contributed by atoms with E-state index in [1.807, 2.05) is 0 Å². The van der Waals surface area contributed by atoms with Crippen molar-refractivity contribution >= 4 is 27.1 Å². The van der Waals surface area contributed by atoms with Crippen molar-refractivity contribution in [3.8, 4) is 0 Å². The van der Waals surface area contributed by atoms with Crippen LogP contribution in [0.1, 0.15) is 30.1 Å². The fourth-order valence-electron chi connectivity index (χ4n) is 2.19. The molecule has 0 saturated heterocycles. The summed E-state index contributed by atoms with van der Waals surface area (Å²) in [6.07, 6.45) is 3.25. The number of Topliss-reactive ketones (excluding diaryl/α,β-unsaturated/α-hetero) is 2. The summed E-state index contributed by atoms with van der Waals surface area (Å²) >= 11 is 0. The van der Waals surface area contributed by atoms with Crippen LogP contribution in [0.4, 0.5) is 5.69 Å². The zero-order valence-corrected chi connectivity index (χ0v) is 14.5. The van der Waals surface area contributed by atoms with Gasteiger partial charge in [0.2, 0.25) is 5.78 Å². The van der Waals surface area contributed by atoms with E-state index in [-0.39, 0.29) is 28.6 Å². The maximum absolute atomic E-state index is 12.7. The predicted molar refractivity (Wildman–Crippen MR) is 88.0 cm³/mol. The van der Waals surface area contributed by atoms with Gasteiger partial charge in [-0.2, -0.15) is 0 Å². The summed E-state index contributed by atoms with van der Waals surface area (Å²) in [5, 5.41) is 11.3. The van der Waals surface area contributed by atoms with Crippen LogP contribution in [-0.4, -0.2) is 37.8 Å². The molecule has 0 unspecified atom stereocenters. The van der Waals surface area contributed by atoms with E-state index in [0.717, 1.165) is 30.7 Å². The van der Waals surface area contributed by atoms with Crippen LogP contribution < -0.4 is 0 Å². The Labute approximate surface area is 144 Å². The molecule has 1 aromatic rings. The van der Waals surface area contributed by atoms with Gasteiger partial charge in [-0.25, -0.2) is 8.42 Å². The molecule has 1 aliphatic carbocycles. The van der Waals surface area contributed by atoms with Gasteiger partial charge in [-0.15, -0.1) is 0 Å². The summed E-state index contributed by atoms with van der Waals surface area (Å²) in [5.41, 5.74) is -1.28. The molecular weight excluding hydrogens is 350 g/mol. The van der Waals surface area contributed by atoms with Crippen LogP contribution in [0.5, 0.6) is 0 Å². The highest BCUT2D eigenvalue weighted by Crippen LogP contribution is 2.34. The third-order valence-electron chi connectivity index (χ3n) is 3.66. The van der Waals surface area contributed by atoms with E-state index in [0.29, 0.717) is 12.8 Å². The number of hydrogen-bond acceptors (Lipinski definition) is 7. The van der Waals surface area contributed by atoms with E-state index in [1.54, 1.807) is 6.92 Å². The molecule has 25 heavy (non-hydrogen) atoms. The molecule has 1 aliphatic rings. The topological polar surface area (TPSA) is 121 Å². The number of allylic oxidation sites excluding steroid dienone is 1. The van der Waals surface area contributed by atoms with E-state index < -0.39 is 32.0 Å². The van der Waals surface area contributed by atoms with E-state index in [2.05, 4.69) is 0 Å². The number of rotatable bonds is 8. The van der Waals surface area contributed by atoms with Crippen LogP contribution in [-0.2, 0) is 19.4 Å². The minimum atomic E-state index is -3.68. The summed E-state index contributed by atoms with van der Waals surface area (Å²) in [6, 6.07) is 2.98. The van der Waals surface area contributed by atoms with Crippen LogP contribution in [0.3, 0.4) is 0 Å². The maximum atomic E-state index is 12.7. The molecule has 0 N–H and O–H groups in total. The number of benzene rings is 1. The van der Waals surface area contributed by atoms with Crippen LogP contribution >= 0.6 is 0 Å². The fraction of sp³-hybridized carbons (Fsp3) is 0.375. The minimum absolute atomic E-state index is 0.226. The summed E-state index contributed by atoms with van der Waals surface area (Å²) in [6.45, 7) is 1.90. The summed E-state index contributed by atoms with van der Waals surface area (Å²) in [5.74, 6) is -1.54. The molecule has 0 aliphatic heterocycles. The Morgan fingerprint density at radius 1 is 1.36 bits per heavy atom. The monoisotopic (exact) mass is 367 g/mol. The van der Waals surface area contributed by atoms with Gasteiger partial charge in [-0.3, -0.25) is 19.7 Å². The van der Waals surface area contributed by atoms with Gasteiger partial charge in [0, 0.05) is 18.2 Å². The second-order valence-corrected chi connectivity index (χ2v) is 7.68. The second-order valence-electron chi connectivity index (χ2n) is 5.66. The number of carbonyl (C=O) groups excluding carboxylic acids is 2. The Bertz CT molecular complexity index is 866. The van der Waals surface area contributed by atoms with Crippen molar-refractivity contribution in [1.29, 1.82) is 0 Å². The highest BCUT2D eigenvalue weighted by atomic mass is 32.2. The Kier molecular flexibility index (Phi) is 5.36. The van der Waals surface area contributed by atoms with Crippen molar-refractivity contribution < 1.29 is 27.7 Å². The Morgan fingerprint density at radius 3 is 2.48 bits per heavy atom. The molecule has 0 radical (unpaired) electrons. The molecule has 1 saturated carbocycles. The first-order chi connectivity index (χ1) is 11.7. The number of carbonyl (C=O) groups is 2. The van der Waals surface area contributed by atoms with Crippen molar-refractivity contribution in [1.82, 2.24) is 0 Å². The highest BCUT2D eigenvalue weighted by molar-refractivity contribution is 7.90. The van der Waals surface area contributed by atoms with Crippen molar-refractivity contribution in [3.05, 3.63) is 45.7 Å². The van der Waals surface area contributed by atoms with Crippen molar-refractivity contribution in [3.63, 3.8) is 0 Å². The molecule has 1 aromatic carbocycles. The van der Waals surface area contributed by atoms with Crippen molar-refractivity contribution in [2.24, 2.45) is 5.92 Å². The van der Waals surface area contributed by atoms with Crippen LogP contribution in [0.15, 0.2) is 34.9 Å². The summed E-state index contributed by atoms with van der Waals surface area (Å²) in [4.78, 5) is 35.1. The molecule has 134 valence electrons. The summed E-state index contributed by atoms with van der Waals surface area (Å²) in [7, 11) is -3.68. The number of nitro groups is 1. The molecule has 0 aromatic heterocycles. The average molecular weight is 367 g/mol. The first-order valence-electron chi connectivity index (χ1n) is 7.56. The lowest BCUT2D eigenvalue weighted by atomic mass is 9.97. The van der Waals surface area contributed by atoms with Gasteiger partial charge in [0.05, 0.1) is 22.7 Å². The van der Waals surface area contributed by atoms with Gasteiger partial charge in [-0.05, 0) is 31.9 Å². The Balaban J connectivity index is 2.52. The number of ketones is 2. The number of ether oxygens (including phenoxy) is 1. The normalized spacial score (nSPS) is 14.9. The highest BCUT2D eigenvalue weighted by Gasteiger charge is 2.37. The predicted octanol–water partition coefficient (Wildman–Crippen LogP) is 2.08. The zero-order chi connectivity index (χ0) is 18.8. The molecule has 0 amide bonds. The van der Waals surface area contributed by atoms with Crippen LogP contribution in [0.25, 0.3) is 0 Å². The third-order valence-corrected chi connectivity index (χ3v) is 4.77. The molecule has 8 nitrogen and oxygen atoms in total. The standard InChI is InChI=1S/C16H17NO7S/c1-3-24-9-13(15(18)10-4-5-10)16(19)12-7-6-11(25(2,22)23)8-14(12)17(20)21/h6-10H,3-5H2,1-2H3. The second kappa shape index (κ2) is 7.14. The molecule has 0 heterocycles. The molecule has 1 fully saturated rings. The first-order valence-corrected chi connectivity index (χ1v) is 9.45. The average Bonchev–Trinajstić information content (AvgIpc) is 3.38. The molecule has 0 bridgehead atoms. The van der Waals surface area contributed by atoms with Gasteiger partial charge in [-0.1, -0.05) is 0 Å². The number of sulfone groups is 1. The first kappa shape index (κ1) is 18.8. The van der Waals surface area contributed by atoms with Gasteiger partial charge in [0.25, 0.3) is 5.69 Å². The van der Waals surface area contributed by atoms with Gasteiger partial charge in [0.1, 0.15) is 11.1 Å². The molecule has 9 heteroatoms. The largest absolute Gasteiger partial charge is 0.501 e. The maximum Gasteiger partial charge on any atom is 0.281 e. The van der Waals surface area contributed by atoms with Gasteiger partial charge in [0.15, 0.2) is 15.6 Å². The lowest BCUT2D eigenvalue weighted by Crippen LogP contribution is -2.17. The Morgan fingerprint density at radius 2 is 2.00 bits per heavy atom.